The van der Waals surface area contributed by atoms with Crippen LogP contribution in [0.3, 0.4) is 0 Å². The molecule has 8 heteroatoms. The fraction of sp³-hybridized carbons (Fsp3) is 0.200. The van der Waals surface area contributed by atoms with Crippen LogP contribution in [0.25, 0.3) is 0 Å². The molecule has 4 amide bonds. The summed E-state index contributed by atoms with van der Waals surface area (Å²) in [6.45, 7) is 0.520. The molecule has 0 radical (unpaired) electrons. The second kappa shape index (κ2) is 8.67. The molecule has 1 heterocycles. The van der Waals surface area contributed by atoms with E-state index in [0.29, 0.717) is 5.56 Å². The molecular weight excluding hydrogens is 382 g/mol. The van der Waals surface area contributed by atoms with Crippen molar-refractivity contribution < 1.29 is 19.2 Å². The Hall–Kier alpha value is -3.19. The zero-order valence-corrected chi connectivity index (χ0v) is 15.6. The molecule has 144 valence electrons. The summed E-state index contributed by atoms with van der Waals surface area (Å²) in [5, 5.41) is 1.64. The number of piperazine rings is 1. The van der Waals surface area contributed by atoms with E-state index in [1.165, 1.54) is 4.90 Å². The molecule has 7 nitrogen and oxygen atoms in total. The Morgan fingerprint density at radius 3 is 2.14 bits per heavy atom. The van der Waals surface area contributed by atoms with E-state index >= 15 is 0 Å². The topological polar surface area (TPSA) is 86.8 Å². The Bertz CT molecular complexity index is 889. The molecule has 1 aliphatic heterocycles. The summed E-state index contributed by atoms with van der Waals surface area (Å²) in [6.07, 6.45) is 0. The van der Waals surface area contributed by atoms with Gasteiger partial charge in [-0.15, -0.1) is 0 Å². The number of hydrogen-bond donors (Lipinski definition) is 1. The molecule has 0 aromatic heterocycles. The number of urea groups is 1. The second-order valence-electron chi connectivity index (χ2n) is 6.27. The number of amides is 4. The summed E-state index contributed by atoms with van der Waals surface area (Å²) >= 11 is 5.61. The molecule has 2 aromatic rings. The summed E-state index contributed by atoms with van der Waals surface area (Å²) in [7, 11) is 0. The van der Waals surface area contributed by atoms with Gasteiger partial charge in [-0.25, -0.2) is 4.79 Å². The van der Waals surface area contributed by atoms with Gasteiger partial charge in [-0.2, -0.15) is 0 Å². The maximum atomic E-state index is 12.5. The Morgan fingerprint density at radius 1 is 0.929 bits per heavy atom. The normalized spacial score (nSPS) is 15.3. The summed E-state index contributed by atoms with van der Waals surface area (Å²) in [4.78, 5) is 51.3. The number of carbonyl (C=O) groups excluding carboxylic acids is 4. The van der Waals surface area contributed by atoms with Gasteiger partial charge in [-0.1, -0.05) is 60.7 Å². The van der Waals surface area contributed by atoms with Crippen LogP contribution in [0, 0.1) is 0 Å². The molecule has 1 N–H and O–H groups in total. The minimum atomic E-state index is -1.11. The quantitative estimate of drug-likeness (QED) is 0.616. The van der Waals surface area contributed by atoms with Gasteiger partial charge in [0.1, 0.15) is 6.04 Å². The van der Waals surface area contributed by atoms with Crippen LogP contribution < -0.4 is 5.32 Å². The zero-order chi connectivity index (χ0) is 20.1. The molecule has 0 bridgehead atoms. The summed E-state index contributed by atoms with van der Waals surface area (Å²) in [6, 6.07) is 15.7. The van der Waals surface area contributed by atoms with Gasteiger partial charge >= 0.3 is 17.8 Å². The average molecular weight is 400 g/mol. The lowest BCUT2D eigenvalue weighted by molar-refractivity contribution is -0.154. The van der Waals surface area contributed by atoms with Crippen LogP contribution in [0.4, 0.5) is 4.79 Å². The van der Waals surface area contributed by atoms with Crippen LogP contribution in [-0.2, 0) is 20.9 Å². The number of nitrogens with zero attached hydrogens (tertiary/aromatic N) is 2. The van der Waals surface area contributed by atoms with Crippen LogP contribution in [0.1, 0.15) is 17.2 Å². The van der Waals surface area contributed by atoms with E-state index in [0.717, 1.165) is 10.5 Å². The highest BCUT2D eigenvalue weighted by molar-refractivity contribution is 6.64. The van der Waals surface area contributed by atoms with Crippen molar-refractivity contribution in [2.24, 2.45) is 0 Å². The molecule has 2 aromatic carbocycles. The lowest BCUT2D eigenvalue weighted by Gasteiger charge is -2.33. The Balaban J connectivity index is 1.67. The first kappa shape index (κ1) is 19.6. The van der Waals surface area contributed by atoms with Gasteiger partial charge in [-0.3, -0.25) is 19.3 Å². The third kappa shape index (κ3) is 4.37. The van der Waals surface area contributed by atoms with Gasteiger partial charge in [0.2, 0.25) is 5.24 Å². The summed E-state index contributed by atoms with van der Waals surface area (Å²) in [5.41, 5.74) is 1.37. The van der Waals surface area contributed by atoms with Gasteiger partial charge in [-0.05, 0) is 22.7 Å². The summed E-state index contributed by atoms with van der Waals surface area (Å²) < 4.78 is 0. The standard InChI is InChI=1S/C20H18ClN3O4/c21-17(25)16(15-9-5-2-6-10-15)22-20(28)24-12-11-23(18(26)19(24)27)13-14-7-3-1-4-8-14/h1-10,16H,11-13H2,(H,22,28). The van der Waals surface area contributed by atoms with E-state index in [2.05, 4.69) is 5.32 Å². The Morgan fingerprint density at radius 2 is 1.54 bits per heavy atom. The summed E-state index contributed by atoms with van der Waals surface area (Å²) in [5.74, 6) is -1.70. The zero-order valence-electron chi connectivity index (χ0n) is 14.9. The van der Waals surface area contributed by atoms with E-state index < -0.39 is 29.1 Å². The first-order chi connectivity index (χ1) is 13.5. The van der Waals surface area contributed by atoms with Crippen molar-refractivity contribution in [1.82, 2.24) is 15.1 Å². The maximum Gasteiger partial charge on any atom is 0.325 e. The van der Waals surface area contributed by atoms with E-state index in [-0.39, 0.29) is 19.6 Å². The minimum absolute atomic E-state index is 0.0290. The van der Waals surface area contributed by atoms with Crippen LogP contribution in [0.15, 0.2) is 60.7 Å². The van der Waals surface area contributed by atoms with E-state index in [1.807, 2.05) is 30.3 Å². The molecular formula is C20H18ClN3O4. The molecule has 3 rings (SSSR count). The molecule has 0 aliphatic carbocycles. The molecule has 28 heavy (non-hydrogen) atoms. The largest absolute Gasteiger partial charge is 0.328 e. The van der Waals surface area contributed by atoms with Gasteiger partial charge in [0.15, 0.2) is 0 Å². The van der Waals surface area contributed by atoms with Crippen LogP contribution in [0.5, 0.6) is 0 Å². The van der Waals surface area contributed by atoms with Gasteiger partial charge in [0.05, 0.1) is 0 Å². The first-order valence-electron chi connectivity index (χ1n) is 8.67. The number of benzene rings is 2. The highest BCUT2D eigenvalue weighted by Gasteiger charge is 2.37. The third-order valence-corrected chi connectivity index (χ3v) is 4.62. The van der Waals surface area contributed by atoms with Crippen molar-refractivity contribution in [2.45, 2.75) is 12.6 Å². The highest BCUT2D eigenvalue weighted by Crippen LogP contribution is 2.17. The van der Waals surface area contributed by atoms with Crippen LogP contribution in [-0.4, -0.2) is 46.0 Å². The van der Waals surface area contributed by atoms with E-state index in [9.17, 15) is 19.2 Å². The molecule has 1 unspecified atom stereocenters. The van der Waals surface area contributed by atoms with E-state index in [4.69, 9.17) is 11.6 Å². The molecule has 1 aliphatic rings. The number of carbonyl (C=O) groups is 4. The van der Waals surface area contributed by atoms with Crippen molar-refractivity contribution in [3.05, 3.63) is 71.8 Å². The smallest absolute Gasteiger partial charge is 0.325 e. The fourth-order valence-corrected chi connectivity index (χ4v) is 3.12. The predicted octanol–water partition coefficient (Wildman–Crippen LogP) is 2.07. The van der Waals surface area contributed by atoms with Crippen molar-refractivity contribution in [1.29, 1.82) is 0 Å². The van der Waals surface area contributed by atoms with Crippen LogP contribution in [0.2, 0.25) is 0 Å². The number of hydrogen-bond acceptors (Lipinski definition) is 4. The molecule has 0 saturated carbocycles. The fourth-order valence-electron chi connectivity index (χ4n) is 2.94. The lowest BCUT2D eigenvalue weighted by Crippen LogP contribution is -2.58. The number of halogens is 1. The number of rotatable bonds is 5. The second-order valence-corrected chi connectivity index (χ2v) is 6.64. The van der Waals surface area contributed by atoms with Gasteiger partial charge < -0.3 is 10.2 Å². The maximum absolute atomic E-state index is 12.5. The molecule has 1 fully saturated rings. The third-order valence-electron chi connectivity index (χ3n) is 4.40. The molecule has 0 spiro atoms. The molecule has 1 saturated heterocycles. The van der Waals surface area contributed by atoms with E-state index in [1.54, 1.807) is 30.3 Å². The van der Waals surface area contributed by atoms with Gasteiger partial charge in [0, 0.05) is 19.6 Å². The lowest BCUT2D eigenvalue weighted by atomic mass is 10.1. The van der Waals surface area contributed by atoms with Crippen LogP contribution >= 0.6 is 11.6 Å². The SMILES string of the molecule is O=C(Cl)C(NC(=O)N1CCN(Cc2ccccc2)C(=O)C1=O)c1ccccc1. The highest BCUT2D eigenvalue weighted by atomic mass is 35.5. The Labute approximate surface area is 166 Å². The number of nitrogens with one attached hydrogen (secondary N) is 1. The number of imide groups is 1. The Kier molecular flexibility index (Phi) is 6.06. The average Bonchev–Trinajstić information content (AvgIpc) is 2.71. The molecule has 1 atom stereocenters. The van der Waals surface area contributed by atoms with Crippen molar-refractivity contribution in [2.75, 3.05) is 13.1 Å². The van der Waals surface area contributed by atoms with Gasteiger partial charge in [0.25, 0.3) is 0 Å². The predicted molar refractivity (Wildman–Crippen MR) is 102 cm³/mol. The first-order valence-corrected chi connectivity index (χ1v) is 9.04. The van der Waals surface area contributed by atoms with Crippen molar-refractivity contribution in [3.63, 3.8) is 0 Å². The van der Waals surface area contributed by atoms with Crippen molar-refractivity contribution in [3.8, 4) is 0 Å². The van der Waals surface area contributed by atoms with Crippen molar-refractivity contribution >= 4 is 34.7 Å². The monoisotopic (exact) mass is 399 g/mol. The minimum Gasteiger partial charge on any atom is -0.328 e.